The summed E-state index contributed by atoms with van der Waals surface area (Å²) >= 11 is 0. The summed E-state index contributed by atoms with van der Waals surface area (Å²) in [6.45, 7) is 7.23. The molecular formula is C25H34N6O. The lowest BCUT2D eigenvalue weighted by Gasteiger charge is -2.57. The zero-order chi connectivity index (χ0) is 21.9. The molecule has 0 aromatic carbocycles. The first kappa shape index (κ1) is 20.2. The van der Waals surface area contributed by atoms with Crippen LogP contribution in [-0.2, 0) is 4.79 Å². The van der Waals surface area contributed by atoms with Crippen LogP contribution in [0.5, 0.6) is 0 Å². The molecule has 32 heavy (non-hydrogen) atoms. The van der Waals surface area contributed by atoms with Crippen LogP contribution in [0.3, 0.4) is 0 Å². The number of nitrogens with zero attached hydrogens (tertiary/aromatic N) is 6. The number of aryl methyl sites for hydroxylation is 2. The third kappa shape index (κ3) is 3.59. The maximum absolute atomic E-state index is 13.3. The second kappa shape index (κ2) is 7.56. The summed E-state index contributed by atoms with van der Waals surface area (Å²) in [5.41, 5.74) is 2.37. The van der Waals surface area contributed by atoms with Crippen LogP contribution in [0, 0.1) is 37.0 Å². The second-order valence-corrected chi connectivity index (χ2v) is 11.0. The van der Waals surface area contributed by atoms with Crippen molar-refractivity contribution in [3.05, 3.63) is 29.8 Å². The minimum absolute atomic E-state index is 0.324. The lowest BCUT2D eigenvalue weighted by molar-refractivity contribution is -0.139. The molecule has 1 aliphatic heterocycles. The molecule has 0 radical (unpaired) electrons. The first-order valence-corrected chi connectivity index (χ1v) is 12.3. The summed E-state index contributed by atoms with van der Waals surface area (Å²) in [7, 11) is 0. The summed E-state index contributed by atoms with van der Waals surface area (Å²) in [5.74, 6) is 4.80. The highest BCUT2D eigenvalue weighted by molar-refractivity contribution is 5.77. The van der Waals surface area contributed by atoms with Crippen molar-refractivity contribution in [2.45, 2.75) is 58.8 Å². The fourth-order valence-electron chi connectivity index (χ4n) is 7.61. The Labute approximate surface area is 190 Å². The van der Waals surface area contributed by atoms with Crippen molar-refractivity contribution in [3.8, 4) is 5.82 Å². The van der Waals surface area contributed by atoms with Crippen LogP contribution in [0.1, 0.15) is 56.3 Å². The fourth-order valence-corrected chi connectivity index (χ4v) is 7.61. The molecule has 2 aromatic heterocycles. The average Bonchev–Trinajstić information content (AvgIpc) is 3.10. The van der Waals surface area contributed by atoms with E-state index in [4.69, 9.17) is 0 Å². The highest BCUT2D eigenvalue weighted by Crippen LogP contribution is 2.61. The van der Waals surface area contributed by atoms with Gasteiger partial charge in [0.2, 0.25) is 5.91 Å². The maximum atomic E-state index is 13.3. The van der Waals surface area contributed by atoms with Gasteiger partial charge in [-0.3, -0.25) is 4.79 Å². The van der Waals surface area contributed by atoms with E-state index in [1.165, 1.54) is 38.5 Å². The predicted molar refractivity (Wildman–Crippen MR) is 123 cm³/mol. The van der Waals surface area contributed by atoms with E-state index in [1.54, 1.807) is 6.33 Å². The Morgan fingerprint density at radius 2 is 1.56 bits per heavy atom. The lowest BCUT2D eigenvalue weighted by Crippen LogP contribution is -2.52. The number of anilines is 1. The van der Waals surface area contributed by atoms with Gasteiger partial charge in [-0.05, 0) is 81.6 Å². The molecule has 0 atom stereocenters. The van der Waals surface area contributed by atoms with Gasteiger partial charge in [0.25, 0.3) is 0 Å². The molecule has 0 unspecified atom stereocenters. The molecule has 4 saturated carbocycles. The summed E-state index contributed by atoms with van der Waals surface area (Å²) < 4.78 is 1.87. The summed E-state index contributed by atoms with van der Waals surface area (Å²) in [4.78, 5) is 26.6. The van der Waals surface area contributed by atoms with Gasteiger partial charge in [0, 0.05) is 44.4 Å². The molecule has 0 N–H and O–H groups in total. The standard InChI is InChI=1S/C25H34N6O/c1-17-7-18(2)31(28-17)23-11-22(26-16-27-23)29-3-5-30(6-4-29)24(32)15-25-12-19-8-20(13-25)10-21(9-19)14-25/h7,11,16,19-21H,3-6,8-10,12-15H2,1-2H3. The third-order valence-electron chi connectivity index (χ3n) is 8.51. The van der Waals surface area contributed by atoms with Gasteiger partial charge < -0.3 is 9.80 Å². The van der Waals surface area contributed by atoms with Crippen molar-refractivity contribution in [1.82, 2.24) is 24.6 Å². The Kier molecular flexibility index (Phi) is 4.77. The first-order chi connectivity index (χ1) is 15.5. The van der Waals surface area contributed by atoms with Crippen molar-refractivity contribution in [3.63, 3.8) is 0 Å². The van der Waals surface area contributed by atoms with Crippen molar-refractivity contribution >= 4 is 11.7 Å². The van der Waals surface area contributed by atoms with E-state index in [0.29, 0.717) is 11.3 Å². The van der Waals surface area contributed by atoms with E-state index in [-0.39, 0.29) is 0 Å². The van der Waals surface area contributed by atoms with Crippen LogP contribution < -0.4 is 4.90 Å². The quantitative estimate of drug-likeness (QED) is 0.736. The van der Waals surface area contributed by atoms with E-state index in [9.17, 15) is 4.79 Å². The molecular weight excluding hydrogens is 400 g/mol. The van der Waals surface area contributed by atoms with Crippen molar-refractivity contribution in [1.29, 1.82) is 0 Å². The van der Waals surface area contributed by atoms with Crippen LogP contribution in [0.25, 0.3) is 5.82 Å². The minimum Gasteiger partial charge on any atom is -0.353 e. The monoisotopic (exact) mass is 434 g/mol. The lowest BCUT2D eigenvalue weighted by atomic mass is 9.49. The molecule has 2 aromatic rings. The number of aromatic nitrogens is 4. The van der Waals surface area contributed by atoms with Crippen LogP contribution in [0.15, 0.2) is 18.5 Å². The second-order valence-electron chi connectivity index (χ2n) is 11.0. The predicted octanol–water partition coefficient (Wildman–Crippen LogP) is 3.53. The topological polar surface area (TPSA) is 67.2 Å². The van der Waals surface area contributed by atoms with Gasteiger partial charge in [-0.15, -0.1) is 0 Å². The molecule has 170 valence electrons. The summed E-state index contributed by atoms with van der Waals surface area (Å²) in [6, 6.07) is 4.06. The van der Waals surface area contributed by atoms with Crippen molar-refractivity contribution < 1.29 is 4.79 Å². The molecule has 3 heterocycles. The number of hydrogen-bond acceptors (Lipinski definition) is 5. The Morgan fingerprint density at radius 3 is 2.16 bits per heavy atom. The molecule has 1 amide bonds. The van der Waals surface area contributed by atoms with Crippen LogP contribution in [0.2, 0.25) is 0 Å². The number of carbonyl (C=O) groups excluding carboxylic acids is 1. The molecule has 4 aliphatic carbocycles. The van der Waals surface area contributed by atoms with Crippen LogP contribution in [0.4, 0.5) is 5.82 Å². The highest BCUT2D eigenvalue weighted by atomic mass is 16.2. The molecule has 7 rings (SSSR count). The Balaban J connectivity index is 1.09. The largest absolute Gasteiger partial charge is 0.353 e. The normalized spacial score (nSPS) is 31.4. The van der Waals surface area contributed by atoms with Gasteiger partial charge in [0.15, 0.2) is 5.82 Å². The number of piperazine rings is 1. The number of hydrogen-bond donors (Lipinski definition) is 0. The molecule has 1 saturated heterocycles. The van der Waals surface area contributed by atoms with E-state index < -0.39 is 0 Å². The van der Waals surface area contributed by atoms with Gasteiger partial charge in [-0.1, -0.05) is 0 Å². The van der Waals surface area contributed by atoms with Gasteiger partial charge in [-0.2, -0.15) is 5.10 Å². The zero-order valence-electron chi connectivity index (χ0n) is 19.3. The van der Waals surface area contributed by atoms with Gasteiger partial charge >= 0.3 is 0 Å². The van der Waals surface area contributed by atoms with Crippen molar-refractivity contribution in [2.24, 2.45) is 23.2 Å². The van der Waals surface area contributed by atoms with Crippen LogP contribution >= 0.6 is 0 Å². The molecule has 5 fully saturated rings. The molecule has 4 bridgehead atoms. The highest BCUT2D eigenvalue weighted by Gasteiger charge is 2.51. The smallest absolute Gasteiger partial charge is 0.223 e. The first-order valence-electron chi connectivity index (χ1n) is 12.3. The van der Waals surface area contributed by atoms with Gasteiger partial charge in [-0.25, -0.2) is 14.6 Å². The van der Waals surface area contributed by atoms with Crippen molar-refractivity contribution in [2.75, 3.05) is 31.1 Å². The number of carbonyl (C=O) groups is 1. The Morgan fingerprint density at radius 1 is 0.938 bits per heavy atom. The summed E-state index contributed by atoms with van der Waals surface area (Å²) in [6.07, 6.45) is 10.6. The van der Waals surface area contributed by atoms with Crippen LogP contribution in [-0.4, -0.2) is 56.7 Å². The Bertz CT molecular complexity index is 986. The van der Waals surface area contributed by atoms with E-state index in [1.807, 2.05) is 24.6 Å². The van der Waals surface area contributed by atoms with Gasteiger partial charge in [0.1, 0.15) is 12.1 Å². The maximum Gasteiger partial charge on any atom is 0.223 e. The molecule has 7 heteroatoms. The molecule has 7 nitrogen and oxygen atoms in total. The number of amides is 1. The fraction of sp³-hybridized carbons (Fsp3) is 0.680. The summed E-state index contributed by atoms with van der Waals surface area (Å²) in [5, 5.41) is 4.55. The zero-order valence-corrected chi connectivity index (χ0v) is 19.3. The van der Waals surface area contributed by atoms with E-state index in [0.717, 1.165) is 73.4 Å². The van der Waals surface area contributed by atoms with Gasteiger partial charge in [0.05, 0.1) is 5.69 Å². The molecule has 5 aliphatic rings. The van der Waals surface area contributed by atoms with E-state index in [2.05, 4.69) is 30.9 Å². The molecule has 0 spiro atoms. The van der Waals surface area contributed by atoms with E-state index >= 15 is 0 Å². The SMILES string of the molecule is Cc1cc(C)n(-c2cc(N3CCN(C(=O)CC45CC6CC(CC(C6)C4)C5)CC3)ncn2)n1. The minimum atomic E-state index is 0.324. The Hall–Kier alpha value is -2.44. The third-order valence-corrected chi connectivity index (χ3v) is 8.51. The number of rotatable bonds is 4. The average molecular weight is 435 g/mol.